The van der Waals surface area contributed by atoms with Crippen molar-refractivity contribution >= 4 is 5.65 Å². The normalized spacial score (nSPS) is 10.2. The van der Waals surface area contributed by atoms with E-state index in [1.54, 1.807) is 10.6 Å². The molecule has 3 rings (SSSR count). The number of benzene rings is 1. The third-order valence-electron chi connectivity index (χ3n) is 2.96. The smallest absolute Gasteiger partial charge is 0.217 e. The Balaban J connectivity index is 1.67. The minimum Gasteiger partial charge on any atom is -0.464 e. The summed E-state index contributed by atoms with van der Waals surface area (Å²) in [6, 6.07) is 11.8. The molecule has 0 radical (unpaired) electrons. The van der Waals surface area contributed by atoms with E-state index in [2.05, 4.69) is 21.9 Å². The minimum atomic E-state index is 0.310. The SMILES string of the molecule is Cc1cccc(C#CCOc2ccn3nc(C)cc3n2)c1. The first-order valence-corrected chi connectivity index (χ1v) is 6.72. The average Bonchev–Trinajstić information content (AvgIpc) is 2.83. The van der Waals surface area contributed by atoms with Crippen molar-refractivity contribution in [3.05, 3.63) is 59.4 Å². The number of fused-ring (bicyclic) bond motifs is 1. The maximum absolute atomic E-state index is 5.55. The summed E-state index contributed by atoms with van der Waals surface area (Å²) in [6.45, 7) is 4.29. The highest BCUT2D eigenvalue weighted by molar-refractivity contribution is 5.41. The third kappa shape index (κ3) is 3.21. The third-order valence-corrected chi connectivity index (χ3v) is 2.96. The highest BCUT2D eigenvalue weighted by Crippen LogP contribution is 2.09. The van der Waals surface area contributed by atoms with Crippen LogP contribution in [0.25, 0.3) is 5.65 Å². The van der Waals surface area contributed by atoms with Gasteiger partial charge >= 0.3 is 0 Å². The molecule has 0 aliphatic carbocycles. The summed E-state index contributed by atoms with van der Waals surface area (Å²) in [5, 5.41) is 4.27. The molecule has 0 fully saturated rings. The maximum atomic E-state index is 5.55. The summed E-state index contributed by atoms with van der Waals surface area (Å²) < 4.78 is 7.27. The molecule has 3 aromatic rings. The molecule has 0 N–H and O–H groups in total. The van der Waals surface area contributed by atoms with E-state index in [1.165, 1.54) is 5.56 Å². The number of hydrogen-bond donors (Lipinski definition) is 0. The van der Waals surface area contributed by atoms with Gasteiger partial charge in [0, 0.05) is 23.9 Å². The second kappa shape index (κ2) is 5.68. The molecule has 104 valence electrons. The summed E-state index contributed by atoms with van der Waals surface area (Å²) in [6.07, 6.45) is 1.83. The number of aryl methyl sites for hydroxylation is 2. The van der Waals surface area contributed by atoms with Crippen molar-refractivity contribution in [2.24, 2.45) is 0 Å². The molecule has 0 saturated heterocycles. The van der Waals surface area contributed by atoms with Crippen LogP contribution in [0.2, 0.25) is 0 Å². The number of aromatic nitrogens is 3. The largest absolute Gasteiger partial charge is 0.464 e. The van der Waals surface area contributed by atoms with Gasteiger partial charge in [0.05, 0.1) is 5.69 Å². The van der Waals surface area contributed by atoms with Gasteiger partial charge in [-0.2, -0.15) is 10.1 Å². The molecular weight excluding hydrogens is 262 g/mol. The molecule has 2 heterocycles. The highest BCUT2D eigenvalue weighted by Gasteiger charge is 2.00. The Kier molecular flexibility index (Phi) is 3.57. The Hall–Kier alpha value is -2.80. The molecule has 0 amide bonds. The van der Waals surface area contributed by atoms with Crippen LogP contribution in [0.1, 0.15) is 16.8 Å². The van der Waals surface area contributed by atoms with Gasteiger partial charge in [-0.05, 0) is 31.5 Å². The standard InChI is InChI=1S/C17H15N3O/c1-13-5-3-6-15(11-13)7-4-10-21-17-8-9-20-16(18-17)12-14(2)19-20/h3,5-6,8-9,11-12H,10H2,1-2H3. The van der Waals surface area contributed by atoms with Gasteiger partial charge in [-0.15, -0.1) is 0 Å². The summed E-state index contributed by atoms with van der Waals surface area (Å²) in [5.41, 5.74) is 3.90. The molecule has 0 aliphatic rings. The fourth-order valence-electron chi connectivity index (χ4n) is 2.03. The second-order valence-corrected chi connectivity index (χ2v) is 4.81. The molecule has 21 heavy (non-hydrogen) atoms. The molecular formula is C17H15N3O. The van der Waals surface area contributed by atoms with Crippen LogP contribution in [0.15, 0.2) is 42.6 Å². The lowest BCUT2D eigenvalue weighted by molar-refractivity contribution is 0.355. The van der Waals surface area contributed by atoms with Crippen molar-refractivity contribution in [2.45, 2.75) is 13.8 Å². The summed E-state index contributed by atoms with van der Waals surface area (Å²) in [5.74, 6) is 6.63. The van der Waals surface area contributed by atoms with Gasteiger partial charge in [0.15, 0.2) is 12.3 Å². The van der Waals surface area contributed by atoms with E-state index in [9.17, 15) is 0 Å². The van der Waals surface area contributed by atoms with E-state index in [0.29, 0.717) is 12.5 Å². The number of ether oxygens (including phenoxy) is 1. The van der Waals surface area contributed by atoms with Gasteiger partial charge in [-0.1, -0.05) is 24.0 Å². The van der Waals surface area contributed by atoms with Crippen molar-refractivity contribution in [1.29, 1.82) is 0 Å². The molecule has 0 saturated carbocycles. The summed E-state index contributed by atoms with van der Waals surface area (Å²) in [4.78, 5) is 4.37. The van der Waals surface area contributed by atoms with Gasteiger partial charge in [0.25, 0.3) is 0 Å². The summed E-state index contributed by atoms with van der Waals surface area (Å²) >= 11 is 0. The Bertz CT molecular complexity index is 840. The zero-order chi connectivity index (χ0) is 14.7. The fraction of sp³-hybridized carbons (Fsp3) is 0.176. The van der Waals surface area contributed by atoms with E-state index in [0.717, 1.165) is 16.9 Å². The van der Waals surface area contributed by atoms with Gasteiger partial charge in [-0.25, -0.2) is 4.52 Å². The fourth-order valence-corrected chi connectivity index (χ4v) is 2.03. The van der Waals surface area contributed by atoms with E-state index < -0.39 is 0 Å². The number of rotatable bonds is 2. The van der Waals surface area contributed by atoms with Crippen molar-refractivity contribution in [3.8, 4) is 17.7 Å². The topological polar surface area (TPSA) is 39.4 Å². The lowest BCUT2D eigenvalue weighted by Crippen LogP contribution is -1.98. The molecule has 4 heteroatoms. The lowest BCUT2D eigenvalue weighted by atomic mass is 10.1. The first-order valence-electron chi connectivity index (χ1n) is 6.72. The van der Waals surface area contributed by atoms with Crippen LogP contribution in [-0.4, -0.2) is 21.2 Å². The number of nitrogens with zero attached hydrogens (tertiary/aromatic N) is 3. The van der Waals surface area contributed by atoms with Gasteiger partial charge in [0.2, 0.25) is 5.88 Å². The Morgan fingerprint density at radius 2 is 2.10 bits per heavy atom. The Morgan fingerprint density at radius 3 is 2.95 bits per heavy atom. The van der Waals surface area contributed by atoms with Crippen molar-refractivity contribution in [2.75, 3.05) is 6.61 Å². The van der Waals surface area contributed by atoms with Crippen LogP contribution in [0.3, 0.4) is 0 Å². The van der Waals surface area contributed by atoms with Crippen LogP contribution in [-0.2, 0) is 0 Å². The van der Waals surface area contributed by atoms with Gasteiger partial charge < -0.3 is 4.74 Å². The molecule has 4 nitrogen and oxygen atoms in total. The predicted octanol–water partition coefficient (Wildman–Crippen LogP) is 2.78. The van der Waals surface area contributed by atoms with Gasteiger partial charge in [-0.3, -0.25) is 0 Å². The molecule has 0 atom stereocenters. The number of hydrogen-bond acceptors (Lipinski definition) is 3. The Morgan fingerprint density at radius 1 is 1.19 bits per heavy atom. The molecule has 1 aromatic carbocycles. The maximum Gasteiger partial charge on any atom is 0.217 e. The van der Waals surface area contributed by atoms with Crippen LogP contribution in [0, 0.1) is 25.7 Å². The predicted molar refractivity (Wildman–Crippen MR) is 81.3 cm³/mol. The van der Waals surface area contributed by atoms with Crippen molar-refractivity contribution in [3.63, 3.8) is 0 Å². The van der Waals surface area contributed by atoms with Crippen molar-refractivity contribution in [1.82, 2.24) is 14.6 Å². The Labute approximate surface area is 123 Å². The van der Waals surface area contributed by atoms with E-state index in [1.807, 2.05) is 50.4 Å². The molecule has 0 aliphatic heterocycles. The minimum absolute atomic E-state index is 0.310. The molecule has 0 bridgehead atoms. The van der Waals surface area contributed by atoms with Crippen molar-refractivity contribution < 1.29 is 4.74 Å². The average molecular weight is 277 g/mol. The van der Waals surface area contributed by atoms with E-state index in [-0.39, 0.29) is 0 Å². The van der Waals surface area contributed by atoms with E-state index >= 15 is 0 Å². The van der Waals surface area contributed by atoms with E-state index in [4.69, 9.17) is 4.74 Å². The van der Waals surface area contributed by atoms with Gasteiger partial charge in [0.1, 0.15) is 0 Å². The first-order chi connectivity index (χ1) is 10.2. The molecule has 0 spiro atoms. The molecule has 0 unspecified atom stereocenters. The quantitative estimate of drug-likeness (QED) is 0.676. The summed E-state index contributed by atoms with van der Waals surface area (Å²) in [7, 11) is 0. The second-order valence-electron chi connectivity index (χ2n) is 4.81. The van der Waals surface area contributed by atoms with Crippen LogP contribution >= 0.6 is 0 Å². The zero-order valence-electron chi connectivity index (χ0n) is 12.0. The first kappa shape index (κ1) is 13.2. The van der Waals surface area contributed by atoms with Crippen LogP contribution < -0.4 is 4.74 Å². The lowest BCUT2D eigenvalue weighted by Gasteiger charge is -2.00. The molecule has 2 aromatic heterocycles. The monoisotopic (exact) mass is 277 g/mol. The zero-order valence-corrected chi connectivity index (χ0v) is 12.0. The highest BCUT2D eigenvalue weighted by atomic mass is 16.5. The van der Waals surface area contributed by atoms with Crippen LogP contribution in [0.4, 0.5) is 0 Å². The van der Waals surface area contributed by atoms with Crippen LogP contribution in [0.5, 0.6) is 5.88 Å².